The van der Waals surface area contributed by atoms with Crippen LogP contribution in [0.5, 0.6) is 11.5 Å². The zero-order valence-corrected chi connectivity index (χ0v) is 18.7. The molecule has 0 saturated heterocycles. The Kier molecular flexibility index (Phi) is 5.85. The zero-order valence-electron chi connectivity index (χ0n) is 15.5. The molecule has 0 radical (unpaired) electrons. The maximum Gasteiger partial charge on any atom is 0.148 e. The Labute approximate surface area is 178 Å². The molecule has 1 aliphatic rings. The van der Waals surface area contributed by atoms with E-state index in [-0.39, 0.29) is 0 Å². The van der Waals surface area contributed by atoms with Gasteiger partial charge in [0.1, 0.15) is 23.7 Å². The minimum absolute atomic E-state index is 0.406. The average molecular weight is 479 g/mol. The highest BCUT2D eigenvalue weighted by molar-refractivity contribution is 9.10. The summed E-state index contributed by atoms with van der Waals surface area (Å²) in [5.74, 6) is 1.59. The van der Waals surface area contributed by atoms with Crippen molar-refractivity contribution in [2.75, 3.05) is 19.1 Å². The van der Waals surface area contributed by atoms with Crippen molar-refractivity contribution in [3.8, 4) is 11.5 Å². The van der Waals surface area contributed by atoms with Gasteiger partial charge in [0.25, 0.3) is 0 Å². The fraction of sp³-hybridized carbons (Fsp3) is 0.238. The summed E-state index contributed by atoms with van der Waals surface area (Å²) in [5.41, 5.74) is 3.94. The molecule has 4 nitrogen and oxygen atoms in total. The first kappa shape index (κ1) is 19.6. The number of hydrogen-bond donors (Lipinski definition) is 0. The maximum absolute atomic E-state index is 12.0. The first-order chi connectivity index (χ1) is 13.5. The highest BCUT2D eigenvalue weighted by Gasteiger charge is 2.17. The molecule has 0 saturated carbocycles. The summed E-state index contributed by atoms with van der Waals surface area (Å²) in [6.07, 6.45) is 8.13. The summed E-state index contributed by atoms with van der Waals surface area (Å²) in [5, 5.41) is 1.02. The van der Waals surface area contributed by atoms with Gasteiger partial charge in [-0.15, -0.1) is 11.8 Å². The Morgan fingerprint density at radius 3 is 3.00 bits per heavy atom. The van der Waals surface area contributed by atoms with Gasteiger partial charge in [0, 0.05) is 29.7 Å². The van der Waals surface area contributed by atoms with Crippen LogP contribution in [0.15, 0.2) is 49.7 Å². The third kappa shape index (κ3) is 4.02. The molecular formula is C21H19BrO4S2. The molecule has 28 heavy (non-hydrogen) atoms. The predicted octanol–water partition coefficient (Wildman–Crippen LogP) is 5.75. The molecule has 146 valence electrons. The molecule has 0 aliphatic carbocycles. The average Bonchev–Trinajstić information content (AvgIpc) is 3.32. The molecule has 0 N–H and O–H groups in total. The first-order valence-corrected chi connectivity index (χ1v) is 12.3. The van der Waals surface area contributed by atoms with Crippen LogP contribution >= 0.6 is 27.7 Å². The molecule has 0 bridgehead atoms. The summed E-state index contributed by atoms with van der Waals surface area (Å²) in [6, 6.07) is 10.0. The van der Waals surface area contributed by atoms with Crippen molar-refractivity contribution < 1.29 is 18.1 Å². The zero-order chi connectivity index (χ0) is 19.7. The third-order valence-electron chi connectivity index (χ3n) is 4.54. The highest BCUT2D eigenvalue weighted by Crippen LogP contribution is 2.36. The number of thioether (sulfide) groups is 1. The van der Waals surface area contributed by atoms with Gasteiger partial charge in [-0.2, -0.15) is 0 Å². The van der Waals surface area contributed by atoms with Gasteiger partial charge in [-0.1, -0.05) is 0 Å². The van der Waals surface area contributed by atoms with Gasteiger partial charge in [-0.05, 0) is 63.7 Å². The van der Waals surface area contributed by atoms with Crippen molar-refractivity contribution >= 4 is 55.5 Å². The van der Waals surface area contributed by atoms with E-state index in [2.05, 4.69) is 28.1 Å². The number of furan rings is 1. The van der Waals surface area contributed by atoms with E-state index in [9.17, 15) is 4.21 Å². The van der Waals surface area contributed by atoms with Crippen LogP contribution in [-0.4, -0.2) is 23.3 Å². The number of fused-ring (bicyclic) bond motifs is 2. The van der Waals surface area contributed by atoms with Crippen LogP contribution < -0.4 is 9.47 Å². The number of benzene rings is 2. The second-order valence-electron chi connectivity index (χ2n) is 6.42. The Bertz CT molecular complexity index is 1090. The molecule has 1 aromatic heterocycles. The SMILES string of the molecule is CS/C(=C\c1cc2c(cc1OCc1cc(Br)c3occc3c1)OCC2)S(C)=O. The smallest absolute Gasteiger partial charge is 0.148 e. The highest BCUT2D eigenvalue weighted by atomic mass is 79.9. The molecule has 2 heterocycles. The second-order valence-corrected chi connectivity index (χ2v) is 9.73. The van der Waals surface area contributed by atoms with Crippen LogP contribution in [-0.2, 0) is 23.8 Å². The van der Waals surface area contributed by atoms with E-state index in [0.717, 1.165) is 54.3 Å². The maximum atomic E-state index is 12.0. The van der Waals surface area contributed by atoms with E-state index in [4.69, 9.17) is 13.9 Å². The molecule has 0 amide bonds. The van der Waals surface area contributed by atoms with Gasteiger partial charge in [0.2, 0.25) is 0 Å². The van der Waals surface area contributed by atoms with Gasteiger partial charge in [-0.3, -0.25) is 4.21 Å². The van der Waals surface area contributed by atoms with E-state index >= 15 is 0 Å². The fourth-order valence-corrected chi connectivity index (χ4v) is 5.28. The summed E-state index contributed by atoms with van der Waals surface area (Å²) >= 11 is 5.04. The fourth-order valence-electron chi connectivity index (χ4n) is 3.19. The molecule has 7 heteroatoms. The van der Waals surface area contributed by atoms with Crippen molar-refractivity contribution in [2.45, 2.75) is 13.0 Å². The van der Waals surface area contributed by atoms with E-state index in [1.54, 1.807) is 12.5 Å². The molecule has 3 aromatic rings. The van der Waals surface area contributed by atoms with Crippen LogP contribution in [0.25, 0.3) is 17.0 Å². The van der Waals surface area contributed by atoms with E-state index in [0.29, 0.717) is 13.2 Å². The predicted molar refractivity (Wildman–Crippen MR) is 119 cm³/mol. The van der Waals surface area contributed by atoms with Crippen LogP contribution in [0.4, 0.5) is 0 Å². The van der Waals surface area contributed by atoms with E-state index in [1.807, 2.05) is 30.5 Å². The van der Waals surface area contributed by atoms with Gasteiger partial charge in [0.05, 0.1) is 32.4 Å². The molecule has 1 unspecified atom stereocenters. The van der Waals surface area contributed by atoms with Gasteiger partial charge < -0.3 is 13.9 Å². The topological polar surface area (TPSA) is 48.7 Å². The van der Waals surface area contributed by atoms with Crippen molar-refractivity contribution in [1.82, 2.24) is 0 Å². The monoisotopic (exact) mass is 478 g/mol. The molecule has 1 atom stereocenters. The third-order valence-corrected chi connectivity index (χ3v) is 7.54. The lowest BCUT2D eigenvalue weighted by Crippen LogP contribution is -1.99. The van der Waals surface area contributed by atoms with E-state index < -0.39 is 10.8 Å². The summed E-state index contributed by atoms with van der Waals surface area (Å²) in [7, 11) is -1.04. The van der Waals surface area contributed by atoms with Crippen LogP contribution in [0.3, 0.4) is 0 Å². The molecule has 2 aromatic carbocycles. The van der Waals surface area contributed by atoms with Crippen molar-refractivity contribution in [2.24, 2.45) is 0 Å². The van der Waals surface area contributed by atoms with Gasteiger partial charge in [0.15, 0.2) is 0 Å². The largest absolute Gasteiger partial charge is 0.493 e. The summed E-state index contributed by atoms with van der Waals surface area (Å²) in [6.45, 7) is 1.09. The van der Waals surface area contributed by atoms with Crippen molar-refractivity contribution in [3.63, 3.8) is 0 Å². The number of halogens is 1. The van der Waals surface area contributed by atoms with Crippen molar-refractivity contribution in [1.29, 1.82) is 0 Å². The Morgan fingerprint density at radius 1 is 1.36 bits per heavy atom. The molecule has 0 spiro atoms. The lowest BCUT2D eigenvalue weighted by molar-refractivity contribution is 0.302. The molecule has 4 rings (SSSR count). The molecule has 0 fully saturated rings. The summed E-state index contributed by atoms with van der Waals surface area (Å²) < 4.78 is 31.0. The standard InChI is InChI=1S/C21H19BrO4S2/c1-27-20(28(2)23)10-16-9-14-3-5-24-18(14)11-19(16)26-12-13-7-15-4-6-25-21(15)17(22)8-13/h4,6-11H,3,5,12H2,1-2H3/b20-10+. The lowest BCUT2D eigenvalue weighted by atomic mass is 10.1. The second kappa shape index (κ2) is 8.35. The Hall–Kier alpha value is -1.70. The van der Waals surface area contributed by atoms with Crippen LogP contribution in [0.2, 0.25) is 0 Å². The Balaban J connectivity index is 1.66. The molecular weight excluding hydrogens is 460 g/mol. The normalized spacial score (nSPS) is 14.8. The van der Waals surface area contributed by atoms with E-state index in [1.165, 1.54) is 11.8 Å². The minimum Gasteiger partial charge on any atom is -0.493 e. The first-order valence-electron chi connectivity index (χ1n) is 8.72. The lowest BCUT2D eigenvalue weighted by Gasteiger charge is -2.13. The van der Waals surface area contributed by atoms with Gasteiger partial charge >= 0.3 is 0 Å². The van der Waals surface area contributed by atoms with Crippen LogP contribution in [0, 0.1) is 0 Å². The Morgan fingerprint density at radius 2 is 2.21 bits per heavy atom. The minimum atomic E-state index is -1.04. The van der Waals surface area contributed by atoms with Gasteiger partial charge in [-0.25, -0.2) is 0 Å². The summed E-state index contributed by atoms with van der Waals surface area (Å²) in [4.78, 5) is 0. The number of rotatable bonds is 6. The van der Waals surface area contributed by atoms with Crippen molar-refractivity contribution in [3.05, 3.63) is 62.0 Å². The number of hydrogen-bond acceptors (Lipinski definition) is 5. The number of ether oxygens (including phenoxy) is 2. The quantitative estimate of drug-likeness (QED) is 0.451. The molecule has 1 aliphatic heterocycles. The van der Waals surface area contributed by atoms with Crippen LogP contribution in [0.1, 0.15) is 16.7 Å².